The number of hydrogen-bond acceptors (Lipinski definition) is 11. The summed E-state index contributed by atoms with van der Waals surface area (Å²) >= 11 is 0. The van der Waals surface area contributed by atoms with Gasteiger partial charge in [0, 0.05) is 36.3 Å². The molecule has 11 heteroatoms. The standard InChI is InChI=1S/C42H48N2O9/c1-43-13-11-28-23-37(48-3)38-24-33(28)34(43)20-27-7-10-32(42(47)51-18-17-50-16-15-45)36(21-27)52-31-8-5-26(6-9-31)19-35-39-29(12-14-44(35)2)22-30(25-46)40(49-4)41(39)53-38/h5-10,21-24,34-35,45-46H,11-20,25H2,1-4H3/t34-,35+/m1/s1. The van der Waals surface area contributed by atoms with Crippen molar-refractivity contribution in [3.8, 4) is 34.5 Å². The normalized spacial score (nSPS) is 18.2. The van der Waals surface area contributed by atoms with Crippen LogP contribution in [0.15, 0.2) is 60.7 Å². The van der Waals surface area contributed by atoms with E-state index in [9.17, 15) is 9.90 Å². The van der Waals surface area contributed by atoms with E-state index in [0.29, 0.717) is 58.5 Å². The maximum atomic E-state index is 13.3. The van der Waals surface area contributed by atoms with Gasteiger partial charge in [-0.3, -0.25) is 9.80 Å². The van der Waals surface area contributed by atoms with Crippen molar-refractivity contribution in [3.63, 3.8) is 0 Å². The molecular weight excluding hydrogens is 676 g/mol. The van der Waals surface area contributed by atoms with Gasteiger partial charge in [0.05, 0.1) is 40.6 Å². The fourth-order valence-electron chi connectivity index (χ4n) is 7.81. The fraction of sp³-hybridized carbons (Fsp3) is 0.405. The fourth-order valence-corrected chi connectivity index (χ4v) is 7.81. The minimum absolute atomic E-state index is 0.0158. The zero-order chi connectivity index (χ0) is 37.1. The molecule has 0 amide bonds. The van der Waals surface area contributed by atoms with Crippen molar-refractivity contribution in [2.45, 2.75) is 44.4 Å². The maximum absolute atomic E-state index is 13.3. The van der Waals surface area contributed by atoms with E-state index in [1.54, 1.807) is 20.3 Å². The summed E-state index contributed by atoms with van der Waals surface area (Å²) in [6.45, 7) is 1.84. The second-order valence-corrected chi connectivity index (χ2v) is 13.9. The first-order valence-corrected chi connectivity index (χ1v) is 18.2. The molecule has 4 aliphatic heterocycles. The lowest BCUT2D eigenvalue weighted by molar-refractivity contribution is 0.0256. The average Bonchev–Trinajstić information content (AvgIpc) is 3.17. The van der Waals surface area contributed by atoms with E-state index in [1.165, 1.54) is 5.56 Å². The van der Waals surface area contributed by atoms with Gasteiger partial charge in [0.25, 0.3) is 0 Å². The van der Waals surface area contributed by atoms with Gasteiger partial charge in [-0.05, 0) is 110 Å². The van der Waals surface area contributed by atoms with Crippen molar-refractivity contribution in [3.05, 3.63) is 105 Å². The van der Waals surface area contributed by atoms with Gasteiger partial charge in [0.2, 0.25) is 0 Å². The van der Waals surface area contributed by atoms with Gasteiger partial charge in [-0.2, -0.15) is 0 Å². The molecule has 0 saturated carbocycles. The molecule has 6 bridgehead atoms. The lowest BCUT2D eigenvalue weighted by Crippen LogP contribution is -2.34. The van der Waals surface area contributed by atoms with Crippen molar-refractivity contribution in [1.29, 1.82) is 0 Å². The second kappa shape index (κ2) is 16.2. The van der Waals surface area contributed by atoms with Crippen molar-refractivity contribution < 1.29 is 43.4 Å². The Morgan fingerprint density at radius 1 is 0.792 bits per heavy atom. The first-order chi connectivity index (χ1) is 25.8. The number of esters is 1. The summed E-state index contributed by atoms with van der Waals surface area (Å²) in [7, 11) is 7.53. The molecular formula is C42H48N2O9. The molecule has 0 spiro atoms. The lowest BCUT2D eigenvalue weighted by Gasteiger charge is -2.37. The van der Waals surface area contributed by atoms with E-state index >= 15 is 0 Å². The van der Waals surface area contributed by atoms with Gasteiger partial charge in [0.1, 0.15) is 23.7 Å². The summed E-state index contributed by atoms with van der Waals surface area (Å²) in [5.41, 5.74) is 7.53. The van der Waals surface area contributed by atoms with Crippen LogP contribution in [-0.2, 0) is 41.8 Å². The highest BCUT2D eigenvalue weighted by atomic mass is 16.6. The third kappa shape index (κ3) is 7.58. The Labute approximate surface area is 310 Å². The largest absolute Gasteiger partial charge is 0.493 e. The van der Waals surface area contributed by atoms with Crippen molar-refractivity contribution >= 4 is 5.97 Å². The van der Waals surface area contributed by atoms with Crippen LogP contribution in [0, 0.1) is 0 Å². The summed E-state index contributed by atoms with van der Waals surface area (Å²) in [6.07, 6.45) is 2.97. The van der Waals surface area contributed by atoms with Gasteiger partial charge in [0.15, 0.2) is 23.0 Å². The Kier molecular flexibility index (Phi) is 11.2. The summed E-state index contributed by atoms with van der Waals surface area (Å²) < 4.78 is 36.3. The molecule has 2 N–H and O–H groups in total. The first kappa shape index (κ1) is 36.7. The van der Waals surface area contributed by atoms with E-state index in [2.05, 4.69) is 42.1 Å². The van der Waals surface area contributed by atoms with Crippen LogP contribution in [0.4, 0.5) is 0 Å². The highest BCUT2D eigenvalue weighted by molar-refractivity contribution is 5.92. The molecule has 4 aliphatic rings. The van der Waals surface area contributed by atoms with Crippen LogP contribution >= 0.6 is 0 Å². The first-order valence-electron chi connectivity index (χ1n) is 18.2. The van der Waals surface area contributed by atoms with Crippen molar-refractivity contribution in [2.75, 3.05) is 67.8 Å². The van der Waals surface area contributed by atoms with Crippen LogP contribution in [0.1, 0.15) is 61.4 Å². The highest BCUT2D eigenvalue weighted by Crippen LogP contribution is 2.50. The summed E-state index contributed by atoms with van der Waals surface area (Å²) in [5, 5.41) is 19.5. The average molecular weight is 725 g/mol. The molecule has 0 saturated heterocycles. The molecule has 0 aromatic heterocycles. The van der Waals surface area contributed by atoms with E-state index in [4.69, 9.17) is 33.5 Å². The number of nitrogens with zero attached hydrogens (tertiary/aromatic N) is 2. The van der Waals surface area contributed by atoms with Crippen LogP contribution in [0.2, 0.25) is 0 Å². The number of fused-ring (bicyclic) bond motifs is 2. The van der Waals surface area contributed by atoms with Gasteiger partial charge >= 0.3 is 5.97 Å². The smallest absolute Gasteiger partial charge is 0.342 e. The second-order valence-electron chi connectivity index (χ2n) is 13.9. The van der Waals surface area contributed by atoms with E-state index in [0.717, 1.165) is 53.7 Å². The predicted octanol–water partition coefficient (Wildman–Crippen LogP) is 5.80. The van der Waals surface area contributed by atoms with Gasteiger partial charge in [-0.25, -0.2) is 4.79 Å². The molecule has 53 heavy (non-hydrogen) atoms. The van der Waals surface area contributed by atoms with E-state index in [-0.39, 0.29) is 45.1 Å². The summed E-state index contributed by atoms with van der Waals surface area (Å²) in [4.78, 5) is 18.0. The molecule has 4 heterocycles. The molecule has 0 aliphatic carbocycles. The van der Waals surface area contributed by atoms with Gasteiger partial charge in [-0.15, -0.1) is 0 Å². The zero-order valence-corrected chi connectivity index (χ0v) is 30.9. The number of aliphatic hydroxyl groups is 2. The minimum atomic E-state index is -0.512. The number of carbonyl (C=O) groups excluding carboxylic acids is 1. The van der Waals surface area contributed by atoms with Crippen LogP contribution in [0.5, 0.6) is 34.5 Å². The van der Waals surface area contributed by atoms with Gasteiger partial charge < -0.3 is 38.6 Å². The van der Waals surface area contributed by atoms with Crippen molar-refractivity contribution in [1.82, 2.24) is 9.80 Å². The Hall–Kier alpha value is -4.65. The summed E-state index contributed by atoms with van der Waals surface area (Å²) in [5.74, 6) is 2.81. The predicted molar refractivity (Wildman–Crippen MR) is 199 cm³/mol. The molecule has 8 rings (SSSR count). The van der Waals surface area contributed by atoms with E-state index < -0.39 is 5.97 Å². The zero-order valence-electron chi connectivity index (χ0n) is 30.9. The van der Waals surface area contributed by atoms with Crippen molar-refractivity contribution in [2.24, 2.45) is 0 Å². The number of benzene rings is 4. The number of likely N-dealkylation sites (N-methyl/N-ethyl adjacent to an activating group) is 2. The Morgan fingerprint density at radius 2 is 1.53 bits per heavy atom. The number of aliphatic hydroxyl groups excluding tert-OH is 2. The maximum Gasteiger partial charge on any atom is 0.342 e. The molecule has 4 aromatic carbocycles. The molecule has 4 aromatic rings. The monoisotopic (exact) mass is 724 g/mol. The molecule has 2 atom stereocenters. The Balaban J connectivity index is 1.37. The molecule has 0 unspecified atom stereocenters. The number of carbonyl (C=O) groups is 1. The SMILES string of the molecule is COc1cc2c3cc1Oc1c(OC)c(CO)cc4c1[C@H](Cc1ccc(cc1)Oc1cc(ccc1C(=O)OCCOCCO)C[C@H]3N(C)CC2)N(C)CC4. The van der Waals surface area contributed by atoms with Crippen LogP contribution in [0.25, 0.3) is 0 Å². The van der Waals surface area contributed by atoms with Crippen LogP contribution in [-0.4, -0.2) is 93.8 Å². The molecule has 0 radical (unpaired) electrons. The molecule has 280 valence electrons. The molecule has 0 fully saturated rings. The number of ether oxygens (including phenoxy) is 6. The number of hydrogen-bond donors (Lipinski definition) is 2. The lowest BCUT2D eigenvalue weighted by atomic mass is 9.86. The van der Waals surface area contributed by atoms with Gasteiger partial charge in [-0.1, -0.05) is 18.2 Å². The number of rotatable bonds is 9. The highest BCUT2D eigenvalue weighted by Gasteiger charge is 2.34. The third-order valence-corrected chi connectivity index (χ3v) is 10.6. The minimum Gasteiger partial charge on any atom is -0.493 e. The summed E-state index contributed by atoms with van der Waals surface area (Å²) in [6, 6.07) is 19.7. The number of methoxy groups -OCH3 is 2. The molecule has 11 nitrogen and oxygen atoms in total. The quantitative estimate of drug-likeness (QED) is 0.161. The topological polar surface area (TPSA) is 119 Å². The Morgan fingerprint density at radius 3 is 2.26 bits per heavy atom. The van der Waals surface area contributed by atoms with Crippen LogP contribution < -0.4 is 18.9 Å². The Bertz CT molecular complexity index is 1950. The van der Waals surface area contributed by atoms with Crippen LogP contribution in [0.3, 0.4) is 0 Å². The third-order valence-electron chi connectivity index (χ3n) is 10.6. The van der Waals surface area contributed by atoms with E-state index in [1.807, 2.05) is 36.4 Å².